The average molecular weight is 303 g/mol. The number of aromatic nitrogens is 4. The highest BCUT2D eigenvalue weighted by Gasteiger charge is 2.07. The lowest BCUT2D eigenvalue weighted by Crippen LogP contribution is -2.04. The van der Waals surface area contributed by atoms with E-state index in [1.165, 1.54) is 17.4 Å². The molecule has 2 aromatic heterocycles. The first kappa shape index (κ1) is 13.7. The maximum absolute atomic E-state index is 13.6. The highest BCUT2D eigenvalue weighted by atomic mass is 32.1. The average Bonchev–Trinajstić information content (AvgIpc) is 3.08. The number of nitrogens with one attached hydrogen (secondary N) is 1. The van der Waals surface area contributed by atoms with Crippen molar-refractivity contribution in [1.29, 1.82) is 0 Å². The summed E-state index contributed by atoms with van der Waals surface area (Å²) in [5, 5.41) is 11.7. The van der Waals surface area contributed by atoms with Crippen molar-refractivity contribution in [2.24, 2.45) is 7.05 Å². The van der Waals surface area contributed by atoms with Crippen LogP contribution in [0.15, 0.2) is 36.7 Å². The van der Waals surface area contributed by atoms with E-state index < -0.39 is 0 Å². The van der Waals surface area contributed by atoms with Crippen LogP contribution in [0.25, 0.3) is 0 Å². The molecule has 0 spiro atoms. The van der Waals surface area contributed by atoms with E-state index in [0.717, 1.165) is 15.7 Å². The quantitative estimate of drug-likeness (QED) is 0.787. The Bertz CT molecular complexity index is 736. The van der Waals surface area contributed by atoms with E-state index in [-0.39, 0.29) is 5.82 Å². The molecule has 108 valence electrons. The summed E-state index contributed by atoms with van der Waals surface area (Å²) in [6.45, 7) is 0.607. The lowest BCUT2D eigenvalue weighted by molar-refractivity contribution is 0.614. The lowest BCUT2D eigenvalue weighted by atomic mass is 10.1. The topological polar surface area (TPSA) is 55.6 Å². The molecule has 0 amide bonds. The summed E-state index contributed by atoms with van der Waals surface area (Å²) in [5.41, 5.74) is 1.66. The SMILES string of the molecule is Cn1nncc1CNc1ncc(Cc2ccccc2F)s1. The third-order valence-electron chi connectivity index (χ3n) is 3.11. The summed E-state index contributed by atoms with van der Waals surface area (Å²) in [7, 11) is 1.84. The van der Waals surface area contributed by atoms with E-state index in [0.29, 0.717) is 18.5 Å². The zero-order chi connectivity index (χ0) is 14.7. The molecular weight excluding hydrogens is 289 g/mol. The van der Waals surface area contributed by atoms with Gasteiger partial charge in [0.05, 0.1) is 18.4 Å². The minimum Gasteiger partial charge on any atom is -0.356 e. The maximum atomic E-state index is 13.6. The van der Waals surface area contributed by atoms with Gasteiger partial charge in [0.2, 0.25) is 0 Å². The Morgan fingerprint density at radius 1 is 1.29 bits per heavy atom. The summed E-state index contributed by atoms with van der Waals surface area (Å²) < 4.78 is 15.3. The number of hydrogen-bond donors (Lipinski definition) is 1. The second kappa shape index (κ2) is 6.01. The second-order valence-corrected chi connectivity index (χ2v) is 5.72. The molecule has 0 radical (unpaired) electrons. The predicted molar refractivity (Wildman–Crippen MR) is 79.6 cm³/mol. The molecule has 3 aromatic rings. The maximum Gasteiger partial charge on any atom is 0.183 e. The molecule has 0 saturated carbocycles. The molecule has 1 N–H and O–H groups in total. The number of halogens is 1. The molecule has 1 aromatic carbocycles. The fourth-order valence-electron chi connectivity index (χ4n) is 1.94. The van der Waals surface area contributed by atoms with Crippen LogP contribution < -0.4 is 5.32 Å². The highest BCUT2D eigenvalue weighted by Crippen LogP contribution is 2.22. The molecule has 0 atom stereocenters. The van der Waals surface area contributed by atoms with Crippen LogP contribution in [0, 0.1) is 5.82 Å². The van der Waals surface area contributed by atoms with Gasteiger partial charge < -0.3 is 5.32 Å². The number of nitrogens with zero attached hydrogens (tertiary/aromatic N) is 4. The predicted octanol–water partition coefficient (Wildman–Crippen LogP) is 2.61. The van der Waals surface area contributed by atoms with Gasteiger partial charge >= 0.3 is 0 Å². The first-order chi connectivity index (χ1) is 10.2. The van der Waals surface area contributed by atoms with E-state index in [1.807, 2.05) is 13.1 Å². The molecule has 0 saturated heterocycles. The van der Waals surface area contributed by atoms with Crippen molar-refractivity contribution in [1.82, 2.24) is 20.0 Å². The second-order valence-electron chi connectivity index (χ2n) is 4.60. The molecule has 0 aliphatic heterocycles. The van der Waals surface area contributed by atoms with Gasteiger partial charge in [-0.25, -0.2) is 9.37 Å². The number of aryl methyl sites for hydroxylation is 1. The van der Waals surface area contributed by atoms with Crippen LogP contribution in [0.5, 0.6) is 0 Å². The molecule has 0 unspecified atom stereocenters. The number of anilines is 1. The van der Waals surface area contributed by atoms with Crippen molar-refractivity contribution in [3.63, 3.8) is 0 Å². The monoisotopic (exact) mass is 303 g/mol. The number of hydrogen-bond acceptors (Lipinski definition) is 5. The third-order valence-corrected chi connectivity index (χ3v) is 4.06. The van der Waals surface area contributed by atoms with Crippen LogP contribution in [0.4, 0.5) is 9.52 Å². The molecule has 0 aliphatic carbocycles. The van der Waals surface area contributed by atoms with Gasteiger partial charge in [-0.1, -0.05) is 23.4 Å². The van der Waals surface area contributed by atoms with Crippen molar-refractivity contribution >= 4 is 16.5 Å². The van der Waals surface area contributed by atoms with Gasteiger partial charge in [0.15, 0.2) is 5.13 Å². The van der Waals surface area contributed by atoms with Gasteiger partial charge in [0.1, 0.15) is 5.82 Å². The van der Waals surface area contributed by atoms with Gasteiger partial charge in [-0.3, -0.25) is 4.68 Å². The third kappa shape index (κ3) is 3.25. The Morgan fingerprint density at radius 2 is 2.14 bits per heavy atom. The van der Waals surface area contributed by atoms with Crippen molar-refractivity contribution in [3.8, 4) is 0 Å². The Labute approximate surface area is 125 Å². The van der Waals surface area contributed by atoms with Crippen LogP contribution in [-0.4, -0.2) is 20.0 Å². The molecule has 0 aliphatic rings. The Hall–Kier alpha value is -2.28. The number of benzene rings is 1. The summed E-state index contributed by atoms with van der Waals surface area (Å²) in [5.74, 6) is -0.179. The van der Waals surface area contributed by atoms with Crippen molar-refractivity contribution in [3.05, 3.63) is 58.6 Å². The molecule has 21 heavy (non-hydrogen) atoms. The Balaban J connectivity index is 1.64. The van der Waals surface area contributed by atoms with Gasteiger partial charge in [-0.05, 0) is 11.6 Å². The molecule has 3 rings (SSSR count). The van der Waals surface area contributed by atoms with Crippen LogP contribution in [-0.2, 0) is 20.0 Å². The molecule has 7 heteroatoms. The molecular formula is C14H14FN5S. The summed E-state index contributed by atoms with van der Waals surface area (Å²) in [4.78, 5) is 5.33. The minimum absolute atomic E-state index is 0.179. The van der Waals surface area contributed by atoms with E-state index in [4.69, 9.17) is 0 Å². The van der Waals surface area contributed by atoms with Gasteiger partial charge in [0.25, 0.3) is 0 Å². The molecule has 5 nitrogen and oxygen atoms in total. The van der Waals surface area contributed by atoms with Crippen LogP contribution in [0.3, 0.4) is 0 Å². The fraction of sp³-hybridized carbons (Fsp3) is 0.214. The van der Waals surface area contributed by atoms with Crippen LogP contribution >= 0.6 is 11.3 Å². The van der Waals surface area contributed by atoms with E-state index in [2.05, 4.69) is 20.6 Å². The number of rotatable bonds is 5. The van der Waals surface area contributed by atoms with Gasteiger partial charge in [-0.2, -0.15) is 0 Å². The standard InChI is InChI=1S/C14H14FN5S/c1-20-11(8-18-19-20)7-16-14-17-9-12(21-14)6-10-4-2-3-5-13(10)15/h2-5,8-9H,6-7H2,1H3,(H,16,17). The fourth-order valence-corrected chi connectivity index (χ4v) is 2.77. The van der Waals surface area contributed by atoms with Crippen molar-refractivity contribution < 1.29 is 4.39 Å². The zero-order valence-corrected chi connectivity index (χ0v) is 12.3. The van der Waals surface area contributed by atoms with E-state index in [1.54, 1.807) is 29.2 Å². The first-order valence-electron chi connectivity index (χ1n) is 6.48. The van der Waals surface area contributed by atoms with Crippen LogP contribution in [0.1, 0.15) is 16.1 Å². The lowest BCUT2D eigenvalue weighted by Gasteiger charge is -2.01. The van der Waals surface area contributed by atoms with Crippen LogP contribution in [0.2, 0.25) is 0 Å². The van der Waals surface area contributed by atoms with Gasteiger partial charge in [-0.15, -0.1) is 16.4 Å². The molecule has 0 bridgehead atoms. The van der Waals surface area contributed by atoms with Gasteiger partial charge in [0, 0.05) is 24.5 Å². The number of thiazole rings is 1. The normalized spacial score (nSPS) is 10.8. The smallest absolute Gasteiger partial charge is 0.183 e. The van der Waals surface area contributed by atoms with E-state index in [9.17, 15) is 4.39 Å². The summed E-state index contributed by atoms with van der Waals surface area (Å²) >= 11 is 1.53. The van der Waals surface area contributed by atoms with Crippen molar-refractivity contribution in [2.75, 3.05) is 5.32 Å². The molecule has 2 heterocycles. The summed E-state index contributed by atoms with van der Waals surface area (Å²) in [6, 6.07) is 6.81. The first-order valence-corrected chi connectivity index (χ1v) is 7.29. The van der Waals surface area contributed by atoms with Crippen molar-refractivity contribution in [2.45, 2.75) is 13.0 Å². The molecule has 0 fully saturated rings. The highest BCUT2D eigenvalue weighted by molar-refractivity contribution is 7.15. The largest absolute Gasteiger partial charge is 0.356 e. The minimum atomic E-state index is -0.179. The Morgan fingerprint density at radius 3 is 2.90 bits per heavy atom. The summed E-state index contributed by atoms with van der Waals surface area (Å²) in [6.07, 6.45) is 4.04. The Kier molecular flexibility index (Phi) is 3.92. The van der Waals surface area contributed by atoms with E-state index >= 15 is 0 Å². The zero-order valence-electron chi connectivity index (χ0n) is 11.5.